The van der Waals surface area contributed by atoms with E-state index < -0.39 is 29.1 Å². The molecule has 140 valence electrons. The molecule has 3 rings (SSSR count). The lowest BCUT2D eigenvalue weighted by Crippen LogP contribution is -2.21. The highest BCUT2D eigenvalue weighted by atomic mass is 32.2. The van der Waals surface area contributed by atoms with Gasteiger partial charge in [-0.2, -0.15) is 0 Å². The summed E-state index contributed by atoms with van der Waals surface area (Å²) in [6.45, 7) is -0.685. The molecule has 0 aliphatic carbocycles. The molecule has 9 nitrogen and oxygen atoms in total. The Morgan fingerprint density at radius 1 is 1.26 bits per heavy atom. The molecule has 1 aliphatic rings. The molecule has 0 spiro atoms. The van der Waals surface area contributed by atoms with Crippen molar-refractivity contribution < 1.29 is 28.7 Å². The third-order valence-electron chi connectivity index (χ3n) is 3.62. The maximum atomic E-state index is 12.2. The van der Waals surface area contributed by atoms with Gasteiger partial charge in [0.15, 0.2) is 18.1 Å². The summed E-state index contributed by atoms with van der Waals surface area (Å²) in [6, 6.07) is 9.41. The Balaban J connectivity index is 1.69. The second-order valence-electron chi connectivity index (χ2n) is 5.30. The van der Waals surface area contributed by atoms with Gasteiger partial charge in [-0.25, -0.2) is 4.79 Å². The van der Waals surface area contributed by atoms with Gasteiger partial charge >= 0.3 is 5.97 Å². The lowest BCUT2D eigenvalue weighted by Gasteiger charge is -2.10. The van der Waals surface area contributed by atoms with Crippen LogP contribution in [0.4, 0.5) is 11.4 Å². The van der Waals surface area contributed by atoms with Crippen LogP contribution in [0.15, 0.2) is 41.3 Å². The van der Waals surface area contributed by atoms with E-state index in [1.165, 1.54) is 17.8 Å². The predicted molar refractivity (Wildman–Crippen MR) is 96.4 cm³/mol. The average molecular weight is 390 g/mol. The maximum absolute atomic E-state index is 12.2. The highest BCUT2D eigenvalue weighted by Gasteiger charge is 2.28. The van der Waals surface area contributed by atoms with Gasteiger partial charge in [0.1, 0.15) is 5.56 Å². The summed E-state index contributed by atoms with van der Waals surface area (Å²) in [7, 11) is 0. The average Bonchev–Trinajstić information content (AvgIpc) is 3.13. The van der Waals surface area contributed by atoms with E-state index >= 15 is 0 Å². The molecule has 0 saturated carbocycles. The molecule has 1 aliphatic heterocycles. The van der Waals surface area contributed by atoms with E-state index in [1.807, 2.05) is 18.4 Å². The quantitative estimate of drug-likeness (QED) is 0.346. The number of benzene rings is 2. The Hall–Kier alpha value is -3.27. The van der Waals surface area contributed by atoms with Crippen molar-refractivity contribution in [1.29, 1.82) is 0 Å². The van der Waals surface area contributed by atoms with Crippen LogP contribution in [0.5, 0.6) is 11.5 Å². The summed E-state index contributed by atoms with van der Waals surface area (Å²) < 4.78 is 15.1. The topological polar surface area (TPSA) is 117 Å². The molecule has 10 heteroatoms. The normalized spacial score (nSPS) is 11.7. The van der Waals surface area contributed by atoms with E-state index in [9.17, 15) is 19.7 Å². The number of fused-ring (bicyclic) bond motifs is 1. The fourth-order valence-electron chi connectivity index (χ4n) is 2.39. The minimum atomic E-state index is -1.01. The Labute approximate surface area is 157 Å². The van der Waals surface area contributed by atoms with Crippen LogP contribution in [0.1, 0.15) is 10.4 Å². The number of para-hydroxylation sites is 1. The van der Waals surface area contributed by atoms with E-state index in [-0.39, 0.29) is 23.9 Å². The zero-order chi connectivity index (χ0) is 19.4. The third kappa shape index (κ3) is 4.11. The van der Waals surface area contributed by atoms with Gasteiger partial charge in [0, 0.05) is 11.0 Å². The van der Waals surface area contributed by atoms with Crippen molar-refractivity contribution >= 4 is 35.0 Å². The van der Waals surface area contributed by atoms with Crippen molar-refractivity contribution in [2.24, 2.45) is 0 Å². The molecule has 0 saturated heterocycles. The molecule has 1 amide bonds. The molecular formula is C17H14N2O7S. The van der Waals surface area contributed by atoms with Crippen molar-refractivity contribution in [2.45, 2.75) is 4.90 Å². The van der Waals surface area contributed by atoms with E-state index in [2.05, 4.69) is 5.32 Å². The van der Waals surface area contributed by atoms with Gasteiger partial charge < -0.3 is 19.5 Å². The van der Waals surface area contributed by atoms with Crippen molar-refractivity contribution in [3.05, 3.63) is 52.1 Å². The number of amides is 1. The fourth-order valence-corrected chi connectivity index (χ4v) is 2.94. The monoisotopic (exact) mass is 390 g/mol. The number of nitrogens with zero attached hydrogens (tertiary/aromatic N) is 1. The predicted octanol–water partition coefficient (Wildman–Crippen LogP) is 2.84. The van der Waals surface area contributed by atoms with Gasteiger partial charge in [-0.15, -0.1) is 11.8 Å². The summed E-state index contributed by atoms with van der Waals surface area (Å²) in [5.41, 5.74) is -0.223. The van der Waals surface area contributed by atoms with E-state index in [0.29, 0.717) is 5.69 Å². The van der Waals surface area contributed by atoms with Gasteiger partial charge in [0.25, 0.3) is 11.6 Å². The molecule has 1 N–H and O–H groups in total. The highest BCUT2D eigenvalue weighted by molar-refractivity contribution is 7.98. The number of hydrogen-bond acceptors (Lipinski definition) is 8. The molecule has 1 heterocycles. The van der Waals surface area contributed by atoms with E-state index in [0.717, 1.165) is 11.0 Å². The molecule has 0 radical (unpaired) electrons. The smallest absolute Gasteiger partial charge is 0.345 e. The Morgan fingerprint density at radius 3 is 2.67 bits per heavy atom. The van der Waals surface area contributed by atoms with Crippen LogP contribution in [-0.2, 0) is 9.53 Å². The zero-order valence-corrected chi connectivity index (χ0v) is 14.9. The number of anilines is 1. The lowest BCUT2D eigenvalue weighted by atomic mass is 10.1. The molecule has 0 fully saturated rings. The number of carbonyl (C=O) groups excluding carboxylic acids is 2. The molecule has 0 aromatic heterocycles. The minimum Gasteiger partial charge on any atom is -0.454 e. The summed E-state index contributed by atoms with van der Waals surface area (Å²) in [5.74, 6) is -1.20. The van der Waals surface area contributed by atoms with Crippen LogP contribution in [0.3, 0.4) is 0 Å². The van der Waals surface area contributed by atoms with E-state index in [4.69, 9.17) is 14.2 Å². The molecule has 2 aromatic carbocycles. The largest absolute Gasteiger partial charge is 0.454 e. The van der Waals surface area contributed by atoms with Crippen molar-refractivity contribution in [2.75, 3.05) is 25.0 Å². The van der Waals surface area contributed by atoms with E-state index in [1.54, 1.807) is 12.1 Å². The first-order valence-electron chi connectivity index (χ1n) is 7.67. The summed E-state index contributed by atoms with van der Waals surface area (Å²) >= 11 is 1.45. The first-order valence-corrected chi connectivity index (χ1v) is 8.90. The number of ether oxygens (including phenoxy) is 3. The van der Waals surface area contributed by atoms with Gasteiger partial charge in [-0.3, -0.25) is 14.9 Å². The second-order valence-corrected chi connectivity index (χ2v) is 6.15. The number of nitro benzene ring substituents is 1. The number of esters is 1. The van der Waals surface area contributed by atoms with Gasteiger partial charge in [-0.05, 0) is 18.4 Å². The van der Waals surface area contributed by atoms with Crippen LogP contribution in [0.2, 0.25) is 0 Å². The van der Waals surface area contributed by atoms with Crippen LogP contribution in [0.25, 0.3) is 0 Å². The zero-order valence-electron chi connectivity index (χ0n) is 14.1. The molecular weight excluding hydrogens is 376 g/mol. The number of nitrogens with one attached hydrogen (secondary N) is 1. The minimum absolute atomic E-state index is 0.0950. The Bertz CT molecular complexity index is 916. The van der Waals surface area contributed by atoms with Gasteiger partial charge in [0.05, 0.1) is 16.7 Å². The van der Waals surface area contributed by atoms with Crippen LogP contribution < -0.4 is 14.8 Å². The van der Waals surface area contributed by atoms with Crippen molar-refractivity contribution in [1.82, 2.24) is 0 Å². The second kappa shape index (κ2) is 7.96. The van der Waals surface area contributed by atoms with Crippen molar-refractivity contribution in [3.8, 4) is 11.5 Å². The first-order chi connectivity index (χ1) is 13.0. The van der Waals surface area contributed by atoms with Gasteiger partial charge in [0.2, 0.25) is 6.79 Å². The number of carbonyl (C=O) groups is 2. The lowest BCUT2D eigenvalue weighted by molar-refractivity contribution is -0.385. The summed E-state index contributed by atoms with van der Waals surface area (Å²) in [5, 5.41) is 13.8. The van der Waals surface area contributed by atoms with Crippen molar-refractivity contribution in [3.63, 3.8) is 0 Å². The summed E-state index contributed by atoms with van der Waals surface area (Å²) in [6.07, 6.45) is 1.86. The number of nitro groups is 1. The molecule has 0 bridgehead atoms. The molecule has 0 unspecified atom stereocenters. The Morgan fingerprint density at radius 2 is 1.96 bits per heavy atom. The summed E-state index contributed by atoms with van der Waals surface area (Å²) in [4.78, 5) is 35.6. The fraction of sp³-hybridized carbons (Fsp3) is 0.176. The molecule has 2 aromatic rings. The SMILES string of the molecule is CSc1ccccc1NC(=O)COC(=O)c1cc2c(cc1[N+](=O)[O-])OCO2. The highest BCUT2D eigenvalue weighted by Crippen LogP contribution is 2.38. The standard InChI is InChI=1S/C17H14N2O7S/c1-27-15-5-3-2-4-11(15)18-16(20)8-24-17(21)10-6-13-14(26-9-25-13)7-12(10)19(22)23/h2-7H,8-9H2,1H3,(H,18,20). The Kier molecular flexibility index (Phi) is 5.46. The van der Waals surface area contributed by atoms with Crippen LogP contribution in [-0.4, -0.2) is 36.5 Å². The molecule has 0 atom stereocenters. The van der Waals surface area contributed by atoms with Crippen LogP contribution in [0, 0.1) is 10.1 Å². The third-order valence-corrected chi connectivity index (χ3v) is 4.42. The number of rotatable bonds is 6. The maximum Gasteiger partial charge on any atom is 0.345 e. The van der Waals surface area contributed by atoms with Gasteiger partial charge in [-0.1, -0.05) is 12.1 Å². The molecule has 27 heavy (non-hydrogen) atoms. The number of hydrogen-bond donors (Lipinski definition) is 1. The van der Waals surface area contributed by atoms with Crippen LogP contribution >= 0.6 is 11.8 Å². The number of thioether (sulfide) groups is 1. The first kappa shape index (κ1) is 18.5.